The van der Waals surface area contributed by atoms with Crippen LogP contribution in [0.1, 0.15) is 30.3 Å². The number of thiazole rings is 1. The molecular weight excluding hydrogens is 468 g/mol. The topological polar surface area (TPSA) is 118 Å². The van der Waals surface area contributed by atoms with Crippen molar-refractivity contribution >= 4 is 23.3 Å². The van der Waals surface area contributed by atoms with E-state index in [1.807, 2.05) is 42.6 Å². The summed E-state index contributed by atoms with van der Waals surface area (Å²) in [6.45, 7) is 3.64. The monoisotopic (exact) mass is 494 g/mol. The molecule has 8 nitrogen and oxygen atoms in total. The number of carbonyl (C=O) groups is 2. The zero-order valence-corrected chi connectivity index (χ0v) is 20.6. The molecule has 0 bridgehead atoms. The van der Waals surface area contributed by atoms with E-state index in [-0.39, 0.29) is 11.5 Å². The molecular formula is C26H26N2O6S. The summed E-state index contributed by atoms with van der Waals surface area (Å²) < 4.78 is 10.3. The van der Waals surface area contributed by atoms with Gasteiger partial charge in [0.15, 0.2) is 11.5 Å². The fourth-order valence-corrected chi connectivity index (χ4v) is 5.68. The summed E-state index contributed by atoms with van der Waals surface area (Å²) in [6, 6.07) is 13.8. The van der Waals surface area contributed by atoms with Gasteiger partial charge < -0.3 is 25.0 Å². The Labute approximate surface area is 206 Å². The molecule has 1 aliphatic rings. The van der Waals surface area contributed by atoms with Gasteiger partial charge in [-0.25, -0.2) is 9.78 Å². The summed E-state index contributed by atoms with van der Waals surface area (Å²) in [4.78, 5) is 31.0. The lowest BCUT2D eigenvalue weighted by molar-refractivity contribution is -0.150. The number of carbonyl (C=O) groups excluding carboxylic acids is 2. The molecule has 1 aliphatic heterocycles. The van der Waals surface area contributed by atoms with Crippen LogP contribution in [-0.2, 0) is 24.6 Å². The molecule has 2 aromatic carbocycles. The van der Waals surface area contributed by atoms with Crippen molar-refractivity contribution in [2.75, 3.05) is 14.2 Å². The van der Waals surface area contributed by atoms with Crippen molar-refractivity contribution in [3.05, 3.63) is 75.8 Å². The van der Waals surface area contributed by atoms with Crippen LogP contribution in [0, 0.1) is 5.92 Å². The molecule has 1 aromatic heterocycles. The number of allylic oxidation sites excluding steroid dienone is 1. The van der Waals surface area contributed by atoms with Crippen LogP contribution in [0.5, 0.6) is 11.5 Å². The minimum absolute atomic E-state index is 0.224. The second kappa shape index (κ2) is 9.42. The number of aromatic hydroxyl groups is 2. The fraction of sp³-hybridized carbons (Fsp3) is 0.269. The molecule has 3 unspecified atom stereocenters. The third-order valence-corrected chi connectivity index (χ3v) is 7.44. The Morgan fingerprint density at radius 1 is 1.06 bits per heavy atom. The molecule has 3 N–H and O–H groups in total. The first-order chi connectivity index (χ1) is 16.7. The number of benzene rings is 2. The van der Waals surface area contributed by atoms with Crippen molar-refractivity contribution in [2.24, 2.45) is 5.92 Å². The molecule has 0 amide bonds. The lowest BCUT2D eigenvalue weighted by atomic mass is 9.67. The Hall–Kier alpha value is -3.85. The molecule has 0 radical (unpaired) electrons. The molecule has 2 heterocycles. The summed E-state index contributed by atoms with van der Waals surface area (Å²) in [7, 11) is 2.63. The number of phenolic OH excluding ortho intramolecular Hbond substituents is 2. The zero-order chi connectivity index (χ0) is 25.3. The van der Waals surface area contributed by atoms with Gasteiger partial charge in [-0.1, -0.05) is 30.3 Å². The number of phenols is 2. The molecule has 4 rings (SSSR count). The number of hydrogen-bond donors (Lipinski definition) is 3. The third kappa shape index (κ3) is 4.23. The lowest BCUT2D eigenvalue weighted by Crippen LogP contribution is -2.55. The molecule has 0 spiro atoms. The SMILES string of the molecule is COC(=O)C1=C(C)NC(C)(c2nc(-c3ccc(O)c(O)c3)cs2)C(C(=O)OC)C1c1ccccc1. The molecule has 9 heteroatoms. The molecule has 3 atom stereocenters. The van der Waals surface area contributed by atoms with Crippen LogP contribution in [-0.4, -0.2) is 41.4 Å². The van der Waals surface area contributed by atoms with Gasteiger partial charge in [0.05, 0.1) is 31.4 Å². The zero-order valence-electron chi connectivity index (χ0n) is 19.7. The van der Waals surface area contributed by atoms with Crippen molar-refractivity contribution in [3.8, 4) is 22.8 Å². The van der Waals surface area contributed by atoms with Crippen LogP contribution in [0.15, 0.2) is 65.2 Å². The number of nitrogens with zero attached hydrogens (tertiary/aromatic N) is 1. The highest BCUT2D eigenvalue weighted by Gasteiger charge is 2.54. The normalized spacial score (nSPS) is 21.8. The van der Waals surface area contributed by atoms with E-state index in [0.29, 0.717) is 27.5 Å². The van der Waals surface area contributed by atoms with Crippen molar-refractivity contribution in [1.82, 2.24) is 10.3 Å². The van der Waals surface area contributed by atoms with Gasteiger partial charge in [-0.15, -0.1) is 11.3 Å². The molecule has 182 valence electrons. The average molecular weight is 495 g/mol. The largest absolute Gasteiger partial charge is 0.504 e. The fourth-order valence-electron chi connectivity index (χ4n) is 4.69. The quantitative estimate of drug-likeness (QED) is 0.359. The first-order valence-corrected chi connectivity index (χ1v) is 11.8. The number of esters is 2. The Bertz CT molecular complexity index is 1300. The number of ether oxygens (including phenoxy) is 2. The maximum Gasteiger partial charge on any atom is 0.336 e. The van der Waals surface area contributed by atoms with E-state index in [9.17, 15) is 19.8 Å². The van der Waals surface area contributed by atoms with Crippen molar-refractivity contribution in [3.63, 3.8) is 0 Å². The molecule has 0 aliphatic carbocycles. The molecule has 0 fully saturated rings. The Balaban J connectivity index is 1.90. The van der Waals surface area contributed by atoms with Crippen LogP contribution in [0.3, 0.4) is 0 Å². The second-order valence-corrected chi connectivity index (χ2v) is 9.35. The van der Waals surface area contributed by atoms with Crippen molar-refractivity contribution in [1.29, 1.82) is 0 Å². The second-order valence-electron chi connectivity index (χ2n) is 8.49. The van der Waals surface area contributed by atoms with Crippen LogP contribution in [0.2, 0.25) is 0 Å². The Morgan fingerprint density at radius 3 is 2.40 bits per heavy atom. The summed E-state index contributed by atoms with van der Waals surface area (Å²) in [5, 5.41) is 25.3. The van der Waals surface area contributed by atoms with E-state index in [4.69, 9.17) is 14.5 Å². The predicted molar refractivity (Wildman–Crippen MR) is 131 cm³/mol. The third-order valence-electron chi connectivity index (χ3n) is 6.36. The minimum atomic E-state index is -1.03. The van der Waals surface area contributed by atoms with E-state index in [1.165, 1.54) is 37.7 Å². The van der Waals surface area contributed by atoms with E-state index in [0.717, 1.165) is 5.56 Å². The van der Waals surface area contributed by atoms with Gasteiger partial charge >= 0.3 is 11.9 Å². The standard InChI is InChI=1S/C26H26N2O6S/c1-14-20(23(31)33-3)21(15-8-6-5-7-9-15)22(24(32)34-4)26(2,28-14)25-27-17(13-35-25)16-10-11-18(29)19(30)12-16/h5-13,21-22,28-30H,1-4H3. The number of hydrogen-bond acceptors (Lipinski definition) is 9. The molecule has 35 heavy (non-hydrogen) atoms. The van der Waals surface area contributed by atoms with Gasteiger partial charge in [-0.2, -0.15) is 0 Å². The van der Waals surface area contributed by atoms with Gasteiger partial charge in [0.1, 0.15) is 10.5 Å². The number of methoxy groups -OCH3 is 2. The highest BCUT2D eigenvalue weighted by Crippen LogP contribution is 2.49. The maximum absolute atomic E-state index is 13.3. The van der Waals surface area contributed by atoms with E-state index < -0.39 is 29.3 Å². The van der Waals surface area contributed by atoms with Gasteiger partial charge in [0.25, 0.3) is 0 Å². The summed E-state index contributed by atoms with van der Waals surface area (Å²) in [6.07, 6.45) is 0. The van der Waals surface area contributed by atoms with Crippen molar-refractivity contribution < 1.29 is 29.3 Å². The van der Waals surface area contributed by atoms with Crippen LogP contribution in [0.4, 0.5) is 0 Å². The summed E-state index contributed by atoms with van der Waals surface area (Å²) >= 11 is 1.34. The average Bonchev–Trinajstić information content (AvgIpc) is 3.36. The van der Waals surface area contributed by atoms with E-state index >= 15 is 0 Å². The maximum atomic E-state index is 13.3. The smallest absolute Gasteiger partial charge is 0.336 e. The van der Waals surface area contributed by atoms with Crippen LogP contribution in [0.25, 0.3) is 11.3 Å². The van der Waals surface area contributed by atoms with Gasteiger partial charge in [0.2, 0.25) is 0 Å². The Morgan fingerprint density at radius 2 is 1.77 bits per heavy atom. The highest BCUT2D eigenvalue weighted by molar-refractivity contribution is 7.10. The Kier molecular flexibility index (Phi) is 6.53. The summed E-state index contributed by atoms with van der Waals surface area (Å²) in [5.41, 5.74) is 1.86. The molecule has 0 saturated heterocycles. The van der Waals surface area contributed by atoms with Crippen LogP contribution < -0.4 is 5.32 Å². The summed E-state index contributed by atoms with van der Waals surface area (Å²) in [5.74, 6) is -3.00. The van der Waals surface area contributed by atoms with E-state index in [1.54, 1.807) is 13.0 Å². The van der Waals surface area contributed by atoms with E-state index in [2.05, 4.69) is 5.32 Å². The van der Waals surface area contributed by atoms with Crippen molar-refractivity contribution in [2.45, 2.75) is 25.3 Å². The number of rotatable bonds is 5. The van der Waals surface area contributed by atoms with Gasteiger partial charge in [-0.05, 0) is 37.6 Å². The predicted octanol–water partition coefficient (Wildman–Crippen LogP) is 4.06. The number of aromatic nitrogens is 1. The lowest BCUT2D eigenvalue weighted by Gasteiger charge is -2.45. The minimum Gasteiger partial charge on any atom is -0.504 e. The molecule has 3 aromatic rings. The first-order valence-electron chi connectivity index (χ1n) is 10.9. The van der Waals surface area contributed by atoms with Gasteiger partial charge in [0, 0.05) is 22.6 Å². The van der Waals surface area contributed by atoms with Crippen LogP contribution >= 0.6 is 11.3 Å². The number of nitrogens with one attached hydrogen (secondary N) is 1. The molecule has 0 saturated carbocycles. The van der Waals surface area contributed by atoms with Gasteiger partial charge in [-0.3, -0.25) is 4.79 Å². The first kappa shape index (κ1) is 24.3. The highest BCUT2D eigenvalue weighted by atomic mass is 32.1.